The second kappa shape index (κ2) is 9.45. The molecule has 2 aromatic carbocycles. The number of halogens is 1. The predicted molar refractivity (Wildman–Crippen MR) is 129 cm³/mol. The van der Waals surface area contributed by atoms with Gasteiger partial charge in [0.2, 0.25) is 5.91 Å². The van der Waals surface area contributed by atoms with Crippen LogP contribution in [0.5, 0.6) is 0 Å². The van der Waals surface area contributed by atoms with E-state index in [1.807, 2.05) is 24.3 Å². The average Bonchev–Trinajstić information content (AvgIpc) is 3.10. The lowest BCUT2D eigenvalue weighted by atomic mass is 10.0. The molecule has 0 atom stereocenters. The fraction of sp³-hybridized carbons (Fsp3) is 0.208. The van der Waals surface area contributed by atoms with Gasteiger partial charge in [-0.05, 0) is 31.0 Å². The first kappa shape index (κ1) is 21.3. The van der Waals surface area contributed by atoms with Crippen LogP contribution in [0.15, 0.2) is 54.9 Å². The molecule has 0 aliphatic heterocycles. The van der Waals surface area contributed by atoms with Crippen LogP contribution >= 0.6 is 22.9 Å². The Kier molecular flexibility index (Phi) is 6.49. The molecule has 0 aliphatic carbocycles. The number of carbonyl (C=O) groups excluding carboxylic acids is 1. The van der Waals surface area contributed by atoms with E-state index < -0.39 is 0 Å². The molecule has 0 fully saturated rings. The minimum atomic E-state index is -0.0435. The lowest BCUT2D eigenvalue weighted by molar-refractivity contribution is -0.121. The molecule has 0 spiro atoms. The van der Waals surface area contributed by atoms with Gasteiger partial charge in [-0.25, -0.2) is 9.97 Å². The lowest BCUT2D eigenvalue weighted by Gasteiger charge is -2.10. The largest absolute Gasteiger partial charge is 0.369 e. The number of aromatic nitrogens is 2. The third kappa shape index (κ3) is 4.86. The Balaban J connectivity index is 1.46. The maximum absolute atomic E-state index is 12.3. The Morgan fingerprint density at radius 2 is 1.84 bits per heavy atom. The second-order valence-corrected chi connectivity index (χ2v) is 8.96. The highest BCUT2D eigenvalue weighted by Crippen LogP contribution is 2.40. The molecule has 4 rings (SSSR count). The molecule has 0 aliphatic rings. The highest BCUT2D eigenvalue weighted by atomic mass is 35.5. The van der Waals surface area contributed by atoms with Gasteiger partial charge in [-0.2, -0.15) is 0 Å². The van der Waals surface area contributed by atoms with Crippen LogP contribution in [0.25, 0.3) is 21.3 Å². The van der Waals surface area contributed by atoms with Gasteiger partial charge in [0.1, 0.15) is 17.0 Å². The summed E-state index contributed by atoms with van der Waals surface area (Å²) in [5, 5.41) is 7.91. The van der Waals surface area contributed by atoms with Crippen molar-refractivity contribution >= 4 is 44.9 Å². The summed E-state index contributed by atoms with van der Waals surface area (Å²) >= 11 is 7.80. The van der Waals surface area contributed by atoms with Crippen molar-refractivity contribution in [3.8, 4) is 11.1 Å². The zero-order chi connectivity index (χ0) is 21.8. The molecule has 7 heteroatoms. The molecule has 5 nitrogen and oxygen atoms in total. The van der Waals surface area contributed by atoms with E-state index in [4.69, 9.17) is 11.6 Å². The van der Waals surface area contributed by atoms with E-state index in [0.29, 0.717) is 24.5 Å². The fourth-order valence-corrected chi connectivity index (χ4v) is 4.68. The van der Waals surface area contributed by atoms with Crippen molar-refractivity contribution in [1.29, 1.82) is 0 Å². The van der Waals surface area contributed by atoms with Gasteiger partial charge < -0.3 is 10.6 Å². The minimum Gasteiger partial charge on any atom is -0.369 e. The Morgan fingerprint density at radius 1 is 1.06 bits per heavy atom. The van der Waals surface area contributed by atoms with Gasteiger partial charge in [-0.3, -0.25) is 4.79 Å². The highest BCUT2D eigenvalue weighted by Gasteiger charge is 2.16. The van der Waals surface area contributed by atoms with Crippen LogP contribution in [0, 0.1) is 13.8 Å². The van der Waals surface area contributed by atoms with Crippen LogP contribution in [-0.2, 0) is 11.3 Å². The predicted octanol–water partition coefficient (Wildman–Crippen LogP) is 5.75. The third-order valence-electron chi connectivity index (χ3n) is 5.08. The number of aryl methyl sites for hydroxylation is 2. The minimum absolute atomic E-state index is 0.0435. The molecule has 0 unspecified atom stereocenters. The van der Waals surface area contributed by atoms with Crippen LogP contribution < -0.4 is 10.6 Å². The summed E-state index contributed by atoms with van der Waals surface area (Å²) in [7, 11) is 0. The van der Waals surface area contributed by atoms with Gasteiger partial charge >= 0.3 is 0 Å². The number of hydrogen-bond acceptors (Lipinski definition) is 5. The molecule has 0 saturated carbocycles. The molecular formula is C24H23ClN4OS. The molecule has 2 heterocycles. The zero-order valence-electron chi connectivity index (χ0n) is 17.4. The molecule has 1 amide bonds. The van der Waals surface area contributed by atoms with Gasteiger partial charge in [0, 0.05) is 35.0 Å². The maximum atomic E-state index is 12.3. The standard InChI is InChI=1S/C24H23ClN4OS/c1-15-7-9-17(10-8-15)21-16(2)31-24-22(21)23(28-14-29-24)26-12-11-20(30)27-13-18-5-3-4-6-19(18)25/h3-10,14H,11-13H2,1-2H3,(H,27,30)(H,26,28,29). The monoisotopic (exact) mass is 450 g/mol. The van der Waals surface area contributed by atoms with Gasteiger partial charge in [-0.1, -0.05) is 59.6 Å². The number of anilines is 1. The van der Waals surface area contributed by atoms with Crippen molar-refractivity contribution in [3.63, 3.8) is 0 Å². The molecule has 31 heavy (non-hydrogen) atoms. The van der Waals surface area contributed by atoms with Gasteiger partial charge in [0.15, 0.2) is 0 Å². The van der Waals surface area contributed by atoms with Crippen molar-refractivity contribution in [2.45, 2.75) is 26.8 Å². The number of benzene rings is 2. The van der Waals surface area contributed by atoms with Crippen molar-refractivity contribution in [1.82, 2.24) is 15.3 Å². The van der Waals surface area contributed by atoms with E-state index in [0.717, 1.165) is 32.7 Å². The quantitative estimate of drug-likeness (QED) is 0.376. The highest BCUT2D eigenvalue weighted by molar-refractivity contribution is 7.19. The van der Waals surface area contributed by atoms with E-state index in [-0.39, 0.29) is 5.91 Å². The fourth-order valence-electron chi connectivity index (χ4n) is 3.46. The molecule has 0 radical (unpaired) electrons. The summed E-state index contributed by atoms with van der Waals surface area (Å²) in [5.74, 6) is 0.710. The summed E-state index contributed by atoms with van der Waals surface area (Å²) < 4.78 is 0. The van der Waals surface area contributed by atoms with Crippen molar-refractivity contribution in [3.05, 3.63) is 75.9 Å². The van der Waals surface area contributed by atoms with Crippen LogP contribution in [0.4, 0.5) is 5.82 Å². The first-order valence-electron chi connectivity index (χ1n) is 10.1. The number of amides is 1. The van der Waals surface area contributed by atoms with Crippen LogP contribution in [-0.4, -0.2) is 22.4 Å². The van der Waals surface area contributed by atoms with Gasteiger partial charge in [-0.15, -0.1) is 11.3 Å². The zero-order valence-corrected chi connectivity index (χ0v) is 19.0. The number of nitrogens with one attached hydrogen (secondary N) is 2. The average molecular weight is 451 g/mol. The summed E-state index contributed by atoms with van der Waals surface area (Å²) in [6.45, 7) is 5.07. The Morgan fingerprint density at radius 3 is 2.61 bits per heavy atom. The molecule has 2 N–H and O–H groups in total. The van der Waals surface area contributed by atoms with E-state index in [1.54, 1.807) is 17.7 Å². The van der Waals surface area contributed by atoms with Crippen LogP contribution in [0.3, 0.4) is 0 Å². The number of hydrogen-bond donors (Lipinski definition) is 2. The van der Waals surface area contributed by atoms with Crippen molar-refractivity contribution in [2.24, 2.45) is 0 Å². The summed E-state index contributed by atoms with van der Waals surface area (Å²) in [5.41, 5.74) is 4.41. The first-order chi connectivity index (χ1) is 15.0. The van der Waals surface area contributed by atoms with Crippen LogP contribution in [0.1, 0.15) is 22.4 Å². The van der Waals surface area contributed by atoms with E-state index in [9.17, 15) is 4.79 Å². The lowest BCUT2D eigenvalue weighted by Crippen LogP contribution is -2.25. The van der Waals surface area contributed by atoms with E-state index in [2.05, 4.69) is 58.7 Å². The number of carbonyl (C=O) groups is 1. The normalized spacial score (nSPS) is 10.9. The number of thiophene rings is 1. The number of rotatable bonds is 7. The molecule has 0 bridgehead atoms. The van der Waals surface area contributed by atoms with Crippen molar-refractivity contribution in [2.75, 3.05) is 11.9 Å². The van der Waals surface area contributed by atoms with E-state index >= 15 is 0 Å². The maximum Gasteiger partial charge on any atom is 0.222 e. The van der Waals surface area contributed by atoms with Gasteiger partial charge in [0.25, 0.3) is 0 Å². The number of fused-ring (bicyclic) bond motifs is 1. The first-order valence-corrected chi connectivity index (χ1v) is 11.3. The molecule has 0 saturated heterocycles. The topological polar surface area (TPSA) is 66.9 Å². The molecule has 2 aromatic heterocycles. The summed E-state index contributed by atoms with van der Waals surface area (Å²) in [6.07, 6.45) is 1.90. The Bertz CT molecular complexity index is 1220. The van der Waals surface area contributed by atoms with Gasteiger partial charge in [0.05, 0.1) is 5.39 Å². The Labute approximate surface area is 190 Å². The molecule has 4 aromatic rings. The summed E-state index contributed by atoms with van der Waals surface area (Å²) in [4.78, 5) is 23.3. The molecular weight excluding hydrogens is 428 g/mol. The SMILES string of the molecule is Cc1ccc(-c2c(C)sc3ncnc(NCCC(=O)NCc4ccccc4Cl)c23)cc1. The van der Waals surface area contributed by atoms with Crippen LogP contribution in [0.2, 0.25) is 5.02 Å². The molecule has 158 valence electrons. The second-order valence-electron chi connectivity index (χ2n) is 7.35. The third-order valence-corrected chi connectivity index (χ3v) is 6.46. The summed E-state index contributed by atoms with van der Waals surface area (Å²) in [6, 6.07) is 16.0. The number of nitrogens with zero attached hydrogens (tertiary/aromatic N) is 2. The van der Waals surface area contributed by atoms with E-state index in [1.165, 1.54) is 10.4 Å². The van der Waals surface area contributed by atoms with Crippen molar-refractivity contribution < 1.29 is 4.79 Å². The smallest absolute Gasteiger partial charge is 0.222 e. The Hall–Kier alpha value is -2.96.